The van der Waals surface area contributed by atoms with Crippen molar-refractivity contribution in [3.63, 3.8) is 0 Å². The van der Waals surface area contributed by atoms with Crippen molar-refractivity contribution in [3.05, 3.63) is 0 Å². The standard InChI is InChI=1S/C22H42O4.2Na/c1-3-5-7-9-11-12-14-16-18-20(22(25)26)19(21(23)24)17-15-13-10-8-6-4-2;;/h19-20H,3-18H2,1-2H3,(H,23,24)(H,25,26);;/q;2*+1/p-2. The number of carboxylic acids is 2. The van der Waals surface area contributed by atoms with Gasteiger partial charge in [-0.15, -0.1) is 0 Å². The van der Waals surface area contributed by atoms with Gasteiger partial charge < -0.3 is 19.8 Å². The third kappa shape index (κ3) is 18.9. The van der Waals surface area contributed by atoms with E-state index in [0.717, 1.165) is 44.9 Å². The van der Waals surface area contributed by atoms with E-state index in [1.54, 1.807) is 0 Å². The fourth-order valence-electron chi connectivity index (χ4n) is 3.61. The van der Waals surface area contributed by atoms with Gasteiger partial charge >= 0.3 is 59.1 Å². The summed E-state index contributed by atoms with van der Waals surface area (Å²) in [7, 11) is 0. The summed E-state index contributed by atoms with van der Waals surface area (Å²) in [6.07, 6.45) is 16.1. The van der Waals surface area contributed by atoms with Crippen molar-refractivity contribution < 1.29 is 78.9 Å². The maximum absolute atomic E-state index is 11.5. The minimum atomic E-state index is -1.23. The van der Waals surface area contributed by atoms with E-state index in [1.165, 1.54) is 44.9 Å². The van der Waals surface area contributed by atoms with E-state index in [0.29, 0.717) is 12.8 Å². The third-order valence-electron chi connectivity index (χ3n) is 5.33. The molecule has 28 heavy (non-hydrogen) atoms. The number of carbonyl (C=O) groups is 2. The first-order chi connectivity index (χ1) is 12.5. The molecule has 0 saturated heterocycles. The Morgan fingerprint density at radius 2 is 0.786 bits per heavy atom. The van der Waals surface area contributed by atoms with Gasteiger partial charge in [-0.2, -0.15) is 0 Å². The Morgan fingerprint density at radius 1 is 0.536 bits per heavy atom. The Balaban J connectivity index is -0.00000312. The van der Waals surface area contributed by atoms with Crippen LogP contribution in [0.4, 0.5) is 0 Å². The Kier molecular flexibility index (Phi) is 29.0. The fourth-order valence-corrected chi connectivity index (χ4v) is 3.61. The summed E-state index contributed by atoms with van der Waals surface area (Å²) in [6.45, 7) is 4.35. The average molecular weight is 415 g/mol. The van der Waals surface area contributed by atoms with E-state index in [9.17, 15) is 19.8 Å². The van der Waals surface area contributed by atoms with Gasteiger partial charge in [-0.05, 0) is 12.8 Å². The van der Waals surface area contributed by atoms with Gasteiger partial charge in [0.05, 0.1) is 0 Å². The van der Waals surface area contributed by atoms with Crippen LogP contribution in [0, 0.1) is 11.8 Å². The van der Waals surface area contributed by atoms with Crippen molar-refractivity contribution in [1.82, 2.24) is 0 Å². The van der Waals surface area contributed by atoms with Crippen LogP contribution >= 0.6 is 0 Å². The molecule has 2 unspecified atom stereocenters. The van der Waals surface area contributed by atoms with Crippen LogP contribution in [0.2, 0.25) is 0 Å². The van der Waals surface area contributed by atoms with Crippen molar-refractivity contribution in [2.45, 2.75) is 117 Å². The monoisotopic (exact) mass is 414 g/mol. The maximum atomic E-state index is 11.5. The molecule has 0 bridgehead atoms. The van der Waals surface area contributed by atoms with Gasteiger partial charge in [0.25, 0.3) is 0 Å². The Labute approximate surface area is 217 Å². The minimum absolute atomic E-state index is 0. The van der Waals surface area contributed by atoms with Gasteiger partial charge in [-0.25, -0.2) is 0 Å². The number of aliphatic carboxylic acids is 2. The Morgan fingerprint density at radius 3 is 1.04 bits per heavy atom. The Bertz CT molecular complexity index is 364. The van der Waals surface area contributed by atoms with E-state index in [2.05, 4.69) is 13.8 Å². The fraction of sp³-hybridized carbons (Fsp3) is 0.909. The number of rotatable bonds is 19. The summed E-state index contributed by atoms with van der Waals surface area (Å²) in [5.74, 6) is -4.27. The second kappa shape index (κ2) is 24.2. The van der Waals surface area contributed by atoms with E-state index in [-0.39, 0.29) is 59.1 Å². The summed E-state index contributed by atoms with van der Waals surface area (Å²) < 4.78 is 0. The molecule has 0 fully saturated rings. The summed E-state index contributed by atoms with van der Waals surface area (Å²) >= 11 is 0. The van der Waals surface area contributed by atoms with Gasteiger partial charge in [0, 0.05) is 23.8 Å². The molecule has 0 rings (SSSR count). The number of carboxylic acid groups (broad SMARTS) is 2. The van der Waals surface area contributed by atoms with Gasteiger partial charge in [0.15, 0.2) is 0 Å². The number of hydrogen-bond acceptors (Lipinski definition) is 4. The van der Waals surface area contributed by atoms with Gasteiger partial charge in [-0.1, -0.05) is 104 Å². The smallest absolute Gasteiger partial charge is 0.550 e. The molecule has 4 nitrogen and oxygen atoms in total. The van der Waals surface area contributed by atoms with Gasteiger partial charge in [-0.3, -0.25) is 0 Å². The van der Waals surface area contributed by atoms with E-state index in [4.69, 9.17) is 0 Å². The molecule has 0 aromatic carbocycles. The summed E-state index contributed by atoms with van der Waals surface area (Å²) in [4.78, 5) is 22.9. The summed E-state index contributed by atoms with van der Waals surface area (Å²) in [5, 5.41) is 22.9. The Hall–Kier alpha value is 0.940. The number of carbonyl (C=O) groups excluding carboxylic acids is 2. The molecule has 0 aromatic rings. The third-order valence-corrected chi connectivity index (χ3v) is 5.33. The van der Waals surface area contributed by atoms with Crippen molar-refractivity contribution in [2.24, 2.45) is 11.8 Å². The van der Waals surface area contributed by atoms with Crippen LogP contribution in [0.25, 0.3) is 0 Å². The normalized spacial score (nSPS) is 12.5. The van der Waals surface area contributed by atoms with Crippen LogP contribution in [0.5, 0.6) is 0 Å². The van der Waals surface area contributed by atoms with E-state index < -0.39 is 23.8 Å². The van der Waals surface area contributed by atoms with Gasteiger partial charge in [0.1, 0.15) is 0 Å². The average Bonchev–Trinajstić information content (AvgIpc) is 2.60. The molecule has 0 heterocycles. The predicted octanol–water partition coefficient (Wildman–Crippen LogP) is -1.99. The molecule has 2 atom stereocenters. The van der Waals surface area contributed by atoms with Gasteiger partial charge in [0.2, 0.25) is 0 Å². The summed E-state index contributed by atoms with van der Waals surface area (Å²) in [5.41, 5.74) is 0. The van der Waals surface area contributed by atoms with Crippen molar-refractivity contribution in [2.75, 3.05) is 0 Å². The SMILES string of the molecule is CCCCCCCCCCC(C(=O)[O-])C(CCCCCCCC)C(=O)[O-].[Na+].[Na+]. The summed E-state index contributed by atoms with van der Waals surface area (Å²) in [6, 6.07) is 0. The molecular formula is C22H40Na2O4. The van der Waals surface area contributed by atoms with Crippen molar-refractivity contribution >= 4 is 11.9 Å². The predicted molar refractivity (Wildman–Crippen MR) is 102 cm³/mol. The van der Waals surface area contributed by atoms with E-state index >= 15 is 0 Å². The molecule has 0 saturated carbocycles. The number of hydrogen-bond donors (Lipinski definition) is 0. The second-order valence-corrected chi connectivity index (χ2v) is 7.67. The molecule has 0 aliphatic heterocycles. The van der Waals surface area contributed by atoms with Crippen molar-refractivity contribution in [3.8, 4) is 0 Å². The second-order valence-electron chi connectivity index (χ2n) is 7.67. The first-order valence-electron chi connectivity index (χ1n) is 11.0. The van der Waals surface area contributed by atoms with E-state index in [1.807, 2.05) is 0 Å². The van der Waals surface area contributed by atoms with Crippen LogP contribution in [0.1, 0.15) is 117 Å². The minimum Gasteiger partial charge on any atom is -0.550 e. The van der Waals surface area contributed by atoms with Crippen molar-refractivity contribution in [1.29, 1.82) is 0 Å². The van der Waals surface area contributed by atoms with Crippen LogP contribution in [0.15, 0.2) is 0 Å². The topological polar surface area (TPSA) is 80.3 Å². The zero-order chi connectivity index (χ0) is 19.6. The first kappa shape index (κ1) is 33.6. The molecule has 0 spiro atoms. The van der Waals surface area contributed by atoms with Crippen LogP contribution < -0.4 is 69.3 Å². The molecule has 0 N–H and O–H groups in total. The zero-order valence-corrected chi connectivity index (χ0v) is 23.1. The molecule has 0 aliphatic carbocycles. The molecule has 0 aromatic heterocycles. The number of unbranched alkanes of at least 4 members (excludes halogenated alkanes) is 12. The first-order valence-corrected chi connectivity index (χ1v) is 11.0. The quantitative estimate of drug-likeness (QED) is 0.181. The van der Waals surface area contributed by atoms with Crippen LogP contribution in [-0.2, 0) is 9.59 Å². The van der Waals surface area contributed by atoms with Crippen LogP contribution in [0.3, 0.4) is 0 Å². The zero-order valence-electron chi connectivity index (χ0n) is 19.1. The molecule has 0 aliphatic rings. The van der Waals surface area contributed by atoms with Crippen LogP contribution in [-0.4, -0.2) is 11.9 Å². The molecular weight excluding hydrogens is 374 g/mol. The molecule has 6 heteroatoms. The largest absolute Gasteiger partial charge is 1.00 e. The molecule has 154 valence electrons. The molecule has 0 amide bonds. The maximum Gasteiger partial charge on any atom is 1.00 e. The molecule has 0 radical (unpaired) electrons.